The first kappa shape index (κ1) is 14.2. The number of methoxy groups -OCH3 is 2. The Morgan fingerprint density at radius 1 is 1.25 bits per heavy atom. The van der Waals surface area contributed by atoms with Gasteiger partial charge >= 0.3 is 0 Å². The SMILES string of the molecule is COc1ccc(Cn2cc(O)c(C(C)C)n2)c(OC)c1. The molecule has 0 aliphatic heterocycles. The summed E-state index contributed by atoms with van der Waals surface area (Å²) in [6.07, 6.45) is 1.64. The van der Waals surface area contributed by atoms with Gasteiger partial charge in [0.15, 0.2) is 5.75 Å². The van der Waals surface area contributed by atoms with Crippen molar-refractivity contribution in [2.45, 2.75) is 26.3 Å². The van der Waals surface area contributed by atoms with Crippen LogP contribution in [0.25, 0.3) is 0 Å². The molecule has 2 rings (SSSR count). The summed E-state index contributed by atoms with van der Waals surface area (Å²) in [5.74, 6) is 1.91. The second-order valence-corrected chi connectivity index (χ2v) is 4.93. The lowest BCUT2D eigenvalue weighted by atomic mass is 10.1. The molecule has 0 aliphatic rings. The molecule has 5 heteroatoms. The Bertz CT molecular complexity index is 591. The van der Waals surface area contributed by atoms with Gasteiger partial charge in [-0.15, -0.1) is 0 Å². The van der Waals surface area contributed by atoms with Crippen molar-refractivity contribution in [2.75, 3.05) is 14.2 Å². The molecule has 0 saturated heterocycles. The zero-order valence-corrected chi connectivity index (χ0v) is 12.3. The summed E-state index contributed by atoms with van der Waals surface area (Å²) in [5, 5.41) is 14.3. The lowest BCUT2D eigenvalue weighted by Gasteiger charge is -2.10. The number of hydrogen-bond donors (Lipinski definition) is 1. The monoisotopic (exact) mass is 276 g/mol. The third kappa shape index (κ3) is 2.87. The van der Waals surface area contributed by atoms with Gasteiger partial charge in [-0.1, -0.05) is 13.8 Å². The van der Waals surface area contributed by atoms with Gasteiger partial charge in [-0.2, -0.15) is 5.10 Å². The van der Waals surface area contributed by atoms with Gasteiger partial charge < -0.3 is 14.6 Å². The molecule has 0 radical (unpaired) electrons. The van der Waals surface area contributed by atoms with Crippen LogP contribution in [0.5, 0.6) is 17.2 Å². The van der Waals surface area contributed by atoms with Crippen LogP contribution in [-0.4, -0.2) is 29.1 Å². The molecule has 1 N–H and O–H groups in total. The van der Waals surface area contributed by atoms with Crippen molar-refractivity contribution in [1.82, 2.24) is 9.78 Å². The van der Waals surface area contributed by atoms with Crippen molar-refractivity contribution in [3.63, 3.8) is 0 Å². The zero-order chi connectivity index (χ0) is 14.7. The molecule has 0 spiro atoms. The normalized spacial score (nSPS) is 10.8. The molecule has 1 heterocycles. The summed E-state index contributed by atoms with van der Waals surface area (Å²) in [5.41, 5.74) is 1.68. The lowest BCUT2D eigenvalue weighted by Crippen LogP contribution is -2.03. The first-order valence-electron chi connectivity index (χ1n) is 6.52. The van der Waals surface area contributed by atoms with E-state index < -0.39 is 0 Å². The largest absolute Gasteiger partial charge is 0.504 e. The Labute approximate surface area is 118 Å². The highest BCUT2D eigenvalue weighted by Gasteiger charge is 2.13. The molecule has 108 valence electrons. The van der Waals surface area contributed by atoms with E-state index in [2.05, 4.69) is 5.10 Å². The maximum atomic E-state index is 9.85. The number of hydrogen-bond acceptors (Lipinski definition) is 4. The molecule has 1 aromatic carbocycles. The highest BCUT2D eigenvalue weighted by molar-refractivity contribution is 5.41. The maximum absolute atomic E-state index is 9.85. The van der Waals surface area contributed by atoms with Gasteiger partial charge in [-0.05, 0) is 12.1 Å². The van der Waals surface area contributed by atoms with E-state index in [1.165, 1.54) is 0 Å². The van der Waals surface area contributed by atoms with E-state index >= 15 is 0 Å². The first-order chi connectivity index (χ1) is 9.55. The average Bonchev–Trinajstić information content (AvgIpc) is 2.80. The standard InChI is InChI=1S/C15H20N2O3/c1-10(2)15-13(18)9-17(16-15)8-11-5-6-12(19-3)7-14(11)20-4/h5-7,9-10,18H,8H2,1-4H3. The molecular weight excluding hydrogens is 256 g/mol. The Morgan fingerprint density at radius 3 is 2.55 bits per heavy atom. The van der Waals surface area contributed by atoms with Crippen LogP contribution in [0.2, 0.25) is 0 Å². The van der Waals surface area contributed by atoms with Crippen LogP contribution in [0.3, 0.4) is 0 Å². The van der Waals surface area contributed by atoms with Gasteiger partial charge in [0.2, 0.25) is 0 Å². The van der Waals surface area contributed by atoms with Gasteiger partial charge in [0.05, 0.1) is 27.0 Å². The minimum absolute atomic E-state index is 0.189. The van der Waals surface area contributed by atoms with Gasteiger partial charge in [0.1, 0.15) is 17.2 Å². The summed E-state index contributed by atoms with van der Waals surface area (Å²) in [6, 6.07) is 5.65. The molecule has 1 aromatic heterocycles. The number of rotatable bonds is 5. The van der Waals surface area contributed by atoms with Crippen molar-refractivity contribution in [3.05, 3.63) is 35.7 Å². The van der Waals surface area contributed by atoms with Crippen molar-refractivity contribution < 1.29 is 14.6 Å². The fourth-order valence-electron chi connectivity index (χ4n) is 2.08. The Morgan fingerprint density at radius 2 is 2.00 bits per heavy atom. The van der Waals surface area contributed by atoms with E-state index in [1.807, 2.05) is 32.0 Å². The quantitative estimate of drug-likeness (QED) is 0.912. The second kappa shape index (κ2) is 5.86. The molecule has 0 amide bonds. The minimum atomic E-state index is 0.189. The molecule has 0 aliphatic carbocycles. The summed E-state index contributed by atoms with van der Waals surface area (Å²) < 4.78 is 12.3. The van der Waals surface area contributed by atoms with E-state index in [4.69, 9.17) is 9.47 Å². The number of ether oxygens (including phenoxy) is 2. The maximum Gasteiger partial charge on any atom is 0.157 e. The first-order valence-corrected chi connectivity index (χ1v) is 6.52. The van der Waals surface area contributed by atoms with E-state index in [0.717, 1.165) is 17.1 Å². The van der Waals surface area contributed by atoms with Crippen molar-refractivity contribution in [1.29, 1.82) is 0 Å². The molecule has 0 fully saturated rings. The summed E-state index contributed by atoms with van der Waals surface area (Å²) in [6.45, 7) is 4.54. The Hall–Kier alpha value is -2.17. The molecule has 0 bridgehead atoms. The minimum Gasteiger partial charge on any atom is -0.504 e. The van der Waals surface area contributed by atoms with E-state index in [-0.39, 0.29) is 11.7 Å². The number of aromatic hydroxyl groups is 1. The highest BCUT2D eigenvalue weighted by Crippen LogP contribution is 2.27. The number of nitrogens with zero attached hydrogens (tertiary/aromatic N) is 2. The topological polar surface area (TPSA) is 56.5 Å². The van der Waals surface area contributed by atoms with Crippen molar-refractivity contribution in [2.24, 2.45) is 0 Å². The van der Waals surface area contributed by atoms with Crippen LogP contribution in [0.4, 0.5) is 0 Å². The fourth-order valence-corrected chi connectivity index (χ4v) is 2.08. The molecule has 0 saturated carbocycles. The van der Waals surface area contributed by atoms with Crippen LogP contribution >= 0.6 is 0 Å². The summed E-state index contributed by atoms with van der Waals surface area (Å²) in [4.78, 5) is 0. The zero-order valence-electron chi connectivity index (χ0n) is 12.3. The van der Waals surface area contributed by atoms with Crippen LogP contribution in [0.15, 0.2) is 24.4 Å². The van der Waals surface area contributed by atoms with Gasteiger partial charge in [-0.3, -0.25) is 4.68 Å². The molecule has 20 heavy (non-hydrogen) atoms. The number of aromatic nitrogens is 2. The van der Waals surface area contributed by atoms with E-state index in [1.54, 1.807) is 25.1 Å². The highest BCUT2D eigenvalue weighted by atomic mass is 16.5. The molecular formula is C15H20N2O3. The third-order valence-electron chi connectivity index (χ3n) is 3.14. The van der Waals surface area contributed by atoms with E-state index in [9.17, 15) is 5.11 Å². The van der Waals surface area contributed by atoms with Crippen molar-refractivity contribution >= 4 is 0 Å². The molecule has 0 unspecified atom stereocenters. The van der Waals surface area contributed by atoms with Crippen LogP contribution in [-0.2, 0) is 6.54 Å². The predicted molar refractivity (Wildman–Crippen MR) is 76.6 cm³/mol. The van der Waals surface area contributed by atoms with Gasteiger partial charge in [0.25, 0.3) is 0 Å². The second-order valence-electron chi connectivity index (χ2n) is 4.93. The average molecular weight is 276 g/mol. The fraction of sp³-hybridized carbons (Fsp3) is 0.400. The summed E-state index contributed by atoms with van der Waals surface area (Å²) >= 11 is 0. The van der Waals surface area contributed by atoms with Gasteiger partial charge in [0, 0.05) is 17.5 Å². The Kier molecular flexibility index (Phi) is 4.17. The van der Waals surface area contributed by atoms with Gasteiger partial charge in [-0.25, -0.2) is 0 Å². The molecule has 0 atom stereocenters. The van der Waals surface area contributed by atoms with Crippen LogP contribution in [0.1, 0.15) is 31.0 Å². The lowest BCUT2D eigenvalue weighted by molar-refractivity contribution is 0.389. The smallest absolute Gasteiger partial charge is 0.157 e. The molecule has 5 nitrogen and oxygen atoms in total. The molecule has 2 aromatic rings. The van der Waals surface area contributed by atoms with Crippen LogP contribution in [0, 0.1) is 0 Å². The predicted octanol–water partition coefficient (Wildman–Crippen LogP) is 2.78. The third-order valence-corrected chi connectivity index (χ3v) is 3.14. The summed E-state index contributed by atoms with van der Waals surface area (Å²) in [7, 11) is 3.24. The number of benzene rings is 1. The van der Waals surface area contributed by atoms with Crippen molar-refractivity contribution in [3.8, 4) is 17.2 Å². The Balaban J connectivity index is 2.27. The van der Waals surface area contributed by atoms with E-state index in [0.29, 0.717) is 12.2 Å². The van der Waals surface area contributed by atoms with Crippen LogP contribution < -0.4 is 9.47 Å².